The highest BCUT2D eigenvalue weighted by molar-refractivity contribution is 7.11. The number of aromatic nitrogens is 2. The SMILES string of the molecule is Cc1nnc(C2(CCc3ccccc3)CCN(Cc3ccc4c(c3)COC(=O)N4)CC2)s1. The number of rotatable bonds is 6. The van der Waals surface area contributed by atoms with Gasteiger partial charge in [0.25, 0.3) is 0 Å². The fourth-order valence-corrected chi connectivity index (χ4v) is 5.75. The zero-order valence-corrected chi connectivity index (χ0v) is 19.2. The van der Waals surface area contributed by atoms with Gasteiger partial charge in [0.05, 0.1) is 5.69 Å². The van der Waals surface area contributed by atoms with Crippen molar-refractivity contribution in [1.82, 2.24) is 15.1 Å². The van der Waals surface area contributed by atoms with Gasteiger partial charge in [0.2, 0.25) is 0 Å². The molecule has 1 aromatic heterocycles. The highest BCUT2D eigenvalue weighted by Gasteiger charge is 2.38. The van der Waals surface area contributed by atoms with E-state index in [4.69, 9.17) is 4.74 Å². The number of likely N-dealkylation sites (tertiary alicyclic amines) is 1. The number of carbonyl (C=O) groups excluding carboxylic acids is 1. The molecule has 32 heavy (non-hydrogen) atoms. The molecule has 2 aliphatic heterocycles. The van der Waals surface area contributed by atoms with Crippen molar-refractivity contribution in [3.63, 3.8) is 0 Å². The number of amides is 1. The van der Waals surface area contributed by atoms with E-state index in [-0.39, 0.29) is 11.5 Å². The van der Waals surface area contributed by atoms with Crippen molar-refractivity contribution in [2.75, 3.05) is 18.4 Å². The Morgan fingerprint density at radius 3 is 2.66 bits per heavy atom. The molecule has 1 amide bonds. The summed E-state index contributed by atoms with van der Waals surface area (Å²) in [5.74, 6) is 0. The van der Waals surface area contributed by atoms with Crippen molar-refractivity contribution in [3.8, 4) is 0 Å². The molecule has 0 atom stereocenters. The Hall–Kier alpha value is -2.77. The lowest BCUT2D eigenvalue weighted by atomic mass is 9.74. The quantitative estimate of drug-likeness (QED) is 0.570. The number of hydrogen-bond donors (Lipinski definition) is 1. The molecule has 0 unspecified atom stereocenters. The number of carbonyl (C=O) groups is 1. The van der Waals surface area contributed by atoms with E-state index >= 15 is 0 Å². The first kappa shape index (κ1) is 21.1. The maximum Gasteiger partial charge on any atom is 0.411 e. The molecule has 3 heterocycles. The smallest absolute Gasteiger partial charge is 0.411 e. The average molecular weight is 449 g/mol. The predicted octanol–water partition coefficient (Wildman–Crippen LogP) is 5.08. The zero-order valence-electron chi connectivity index (χ0n) is 18.3. The number of anilines is 1. The summed E-state index contributed by atoms with van der Waals surface area (Å²) < 4.78 is 5.12. The highest BCUT2D eigenvalue weighted by atomic mass is 32.1. The maximum absolute atomic E-state index is 11.4. The molecular formula is C25H28N4O2S. The molecule has 5 rings (SSSR count). The molecule has 0 spiro atoms. The molecule has 2 aromatic carbocycles. The van der Waals surface area contributed by atoms with Crippen LogP contribution in [0.1, 0.15) is 46.0 Å². The third-order valence-electron chi connectivity index (χ3n) is 6.70. The van der Waals surface area contributed by atoms with E-state index in [9.17, 15) is 4.79 Å². The van der Waals surface area contributed by atoms with Crippen LogP contribution in [0, 0.1) is 6.92 Å². The number of hydrogen-bond acceptors (Lipinski definition) is 6. The predicted molar refractivity (Wildman–Crippen MR) is 126 cm³/mol. The van der Waals surface area contributed by atoms with Crippen LogP contribution in [0.4, 0.5) is 10.5 Å². The molecule has 2 aliphatic rings. The fraction of sp³-hybridized carbons (Fsp3) is 0.400. The number of ether oxygens (including phenoxy) is 1. The van der Waals surface area contributed by atoms with Crippen LogP contribution in [0.25, 0.3) is 0 Å². The van der Waals surface area contributed by atoms with Crippen molar-refractivity contribution < 1.29 is 9.53 Å². The molecule has 0 bridgehead atoms. The number of nitrogens with one attached hydrogen (secondary N) is 1. The standard InChI is InChI=1S/C25H28N4O2S/c1-18-27-28-23(32-18)25(10-9-19-5-3-2-4-6-19)11-13-29(14-12-25)16-20-7-8-22-21(15-20)17-31-24(30)26-22/h2-8,15H,9-14,16-17H2,1H3,(H,26,30). The van der Waals surface area contributed by atoms with Gasteiger partial charge in [-0.25, -0.2) is 4.79 Å². The lowest BCUT2D eigenvalue weighted by molar-refractivity contribution is 0.144. The van der Waals surface area contributed by atoms with Crippen molar-refractivity contribution >= 4 is 23.1 Å². The highest BCUT2D eigenvalue weighted by Crippen LogP contribution is 2.41. The molecule has 1 saturated heterocycles. The minimum absolute atomic E-state index is 0.103. The molecule has 0 radical (unpaired) electrons. The second-order valence-corrected chi connectivity index (χ2v) is 10.0. The minimum Gasteiger partial charge on any atom is -0.444 e. The molecule has 7 heteroatoms. The number of nitrogens with zero attached hydrogens (tertiary/aromatic N) is 3. The molecule has 0 aliphatic carbocycles. The number of fused-ring (bicyclic) bond motifs is 1. The van der Waals surface area contributed by atoms with Crippen molar-refractivity contribution in [2.45, 2.75) is 51.2 Å². The second kappa shape index (κ2) is 9.00. The van der Waals surface area contributed by atoms with E-state index in [2.05, 4.69) is 62.9 Å². The molecule has 166 valence electrons. The third kappa shape index (κ3) is 4.54. The van der Waals surface area contributed by atoms with Gasteiger partial charge in [0.15, 0.2) is 0 Å². The van der Waals surface area contributed by atoms with Gasteiger partial charge in [0, 0.05) is 17.5 Å². The number of cyclic esters (lactones) is 1. The van der Waals surface area contributed by atoms with Crippen LogP contribution < -0.4 is 5.32 Å². The van der Waals surface area contributed by atoms with E-state index in [1.807, 2.05) is 13.0 Å². The van der Waals surface area contributed by atoms with Gasteiger partial charge in [-0.2, -0.15) is 0 Å². The van der Waals surface area contributed by atoms with Crippen LogP contribution in [0.3, 0.4) is 0 Å². The topological polar surface area (TPSA) is 67.3 Å². The summed E-state index contributed by atoms with van der Waals surface area (Å²) in [7, 11) is 0. The van der Waals surface area contributed by atoms with Crippen LogP contribution in [0.15, 0.2) is 48.5 Å². The normalized spacial score (nSPS) is 18.0. The monoisotopic (exact) mass is 448 g/mol. The first-order valence-electron chi connectivity index (χ1n) is 11.2. The van der Waals surface area contributed by atoms with Crippen LogP contribution in [0.2, 0.25) is 0 Å². The summed E-state index contributed by atoms with van der Waals surface area (Å²) >= 11 is 1.76. The molecule has 6 nitrogen and oxygen atoms in total. The Bertz CT molecular complexity index is 1090. The van der Waals surface area contributed by atoms with Gasteiger partial charge in [-0.05, 0) is 69.0 Å². The summed E-state index contributed by atoms with van der Waals surface area (Å²) in [6, 6.07) is 17.0. The summed E-state index contributed by atoms with van der Waals surface area (Å²) in [5.41, 5.74) is 4.65. The summed E-state index contributed by atoms with van der Waals surface area (Å²) in [4.78, 5) is 13.9. The largest absolute Gasteiger partial charge is 0.444 e. The van der Waals surface area contributed by atoms with Gasteiger partial charge >= 0.3 is 6.09 Å². The van der Waals surface area contributed by atoms with Crippen LogP contribution in [-0.4, -0.2) is 34.3 Å². The molecule has 3 aromatic rings. The third-order valence-corrected chi connectivity index (χ3v) is 7.78. The minimum atomic E-state index is -0.375. The van der Waals surface area contributed by atoms with Crippen LogP contribution >= 0.6 is 11.3 Å². The van der Waals surface area contributed by atoms with Crippen molar-refractivity contribution in [3.05, 3.63) is 75.2 Å². The Labute approximate surface area is 192 Å². The average Bonchev–Trinajstić information content (AvgIpc) is 3.26. The Morgan fingerprint density at radius 2 is 1.91 bits per heavy atom. The summed E-state index contributed by atoms with van der Waals surface area (Å²) in [5, 5.41) is 13.9. The van der Waals surface area contributed by atoms with E-state index in [1.165, 1.54) is 16.1 Å². The lowest BCUT2D eigenvalue weighted by Gasteiger charge is -2.40. The van der Waals surface area contributed by atoms with Crippen LogP contribution in [0.5, 0.6) is 0 Å². The van der Waals surface area contributed by atoms with Crippen molar-refractivity contribution in [1.29, 1.82) is 0 Å². The van der Waals surface area contributed by atoms with Gasteiger partial charge in [0.1, 0.15) is 16.6 Å². The molecule has 1 N–H and O–H groups in total. The number of piperidine rings is 1. The maximum atomic E-state index is 11.4. The number of aryl methyl sites for hydroxylation is 2. The Balaban J connectivity index is 1.27. The van der Waals surface area contributed by atoms with Crippen LogP contribution in [-0.2, 0) is 29.7 Å². The van der Waals surface area contributed by atoms with E-state index in [0.29, 0.717) is 6.61 Å². The Morgan fingerprint density at radius 1 is 1.09 bits per heavy atom. The van der Waals surface area contributed by atoms with Gasteiger partial charge in [-0.15, -0.1) is 21.5 Å². The lowest BCUT2D eigenvalue weighted by Crippen LogP contribution is -2.42. The van der Waals surface area contributed by atoms with Gasteiger partial charge in [-0.3, -0.25) is 10.2 Å². The molecule has 1 fully saturated rings. The Kier molecular flexibility index (Phi) is 5.93. The summed E-state index contributed by atoms with van der Waals surface area (Å²) in [6.07, 6.45) is 3.99. The molecular weight excluding hydrogens is 420 g/mol. The molecule has 0 saturated carbocycles. The fourth-order valence-electron chi connectivity index (χ4n) is 4.78. The summed E-state index contributed by atoms with van der Waals surface area (Å²) in [6.45, 7) is 5.37. The number of benzene rings is 2. The van der Waals surface area contributed by atoms with Crippen molar-refractivity contribution in [2.24, 2.45) is 0 Å². The second-order valence-electron chi connectivity index (χ2n) is 8.86. The van der Waals surface area contributed by atoms with Gasteiger partial charge in [-0.1, -0.05) is 36.4 Å². The first-order chi connectivity index (χ1) is 15.6. The first-order valence-corrected chi connectivity index (χ1v) is 12.0. The van der Waals surface area contributed by atoms with E-state index < -0.39 is 0 Å². The van der Waals surface area contributed by atoms with E-state index in [0.717, 1.165) is 61.6 Å². The van der Waals surface area contributed by atoms with Gasteiger partial charge < -0.3 is 4.74 Å². The zero-order chi connectivity index (χ0) is 22.0. The van der Waals surface area contributed by atoms with E-state index in [1.54, 1.807) is 11.3 Å².